The summed E-state index contributed by atoms with van der Waals surface area (Å²) in [5.41, 5.74) is 1.41. The van der Waals surface area contributed by atoms with Gasteiger partial charge in [0, 0.05) is 17.1 Å². The van der Waals surface area contributed by atoms with E-state index in [-0.39, 0.29) is 23.8 Å². The lowest BCUT2D eigenvalue weighted by Crippen LogP contribution is -2.51. The first-order valence-corrected chi connectivity index (χ1v) is 10.8. The molecule has 2 atom stereocenters. The van der Waals surface area contributed by atoms with E-state index in [1.165, 1.54) is 0 Å². The molecule has 6 nitrogen and oxygen atoms in total. The minimum atomic E-state index is -0.659. The summed E-state index contributed by atoms with van der Waals surface area (Å²) in [6.07, 6.45) is 0. The molecule has 0 aromatic heterocycles. The van der Waals surface area contributed by atoms with E-state index in [0.717, 1.165) is 5.56 Å². The summed E-state index contributed by atoms with van der Waals surface area (Å²) < 4.78 is 5.41. The Morgan fingerprint density at radius 3 is 2.26 bits per heavy atom. The number of carbonyl (C=O) groups is 2. The van der Waals surface area contributed by atoms with Crippen molar-refractivity contribution >= 4 is 23.4 Å². The van der Waals surface area contributed by atoms with E-state index in [0.29, 0.717) is 29.5 Å². The predicted octanol–water partition coefficient (Wildman–Crippen LogP) is 3.91. The third-order valence-corrected chi connectivity index (χ3v) is 5.36. The Hall–Kier alpha value is -2.57. The lowest BCUT2D eigenvalue weighted by Gasteiger charge is -2.28. The Labute approximate surface area is 189 Å². The maximum absolute atomic E-state index is 12.9. The van der Waals surface area contributed by atoms with Gasteiger partial charge in [-0.3, -0.25) is 9.59 Å². The van der Waals surface area contributed by atoms with Crippen LogP contribution in [0.3, 0.4) is 0 Å². The van der Waals surface area contributed by atoms with Crippen molar-refractivity contribution in [3.05, 3.63) is 64.7 Å². The Balaban J connectivity index is 2.05. The van der Waals surface area contributed by atoms with Crippen molar-refractivity contribution in [2.45, 2.75) is 32.9 Å². The minimum Gasteiger partial charge on any atom is -0.494 e. The topological polar surface area (TPSA) is 70.7 Å². The van der Waals surface area contributed by atoms with E-state index in [1.54, 1.807) is 24.3 Å². The molecular formula is C24H32ClN3O3. The van der Waals surface area contributed by atoms with E-state index in [9.17, 15) is 9.59 Å². The highest BCUT2D eigenvalue weighted by Crippen LogP contribution is 2.25. The molecule has 0 bridgehead atoms. The predicted molar refractivity (Wildman–Crippen MR) is 125 cm³/mol. The molecule has 0 aliphatic carbocycles. The zero-order valence-electron chi connectivity index (χ0n) is 18.8. The number of amides is 2. The van der Waals surface area contributed by atoms with Crippen LogP contribution in [0.4, 0.5) is 0 Å². The summed E-state index contributed by atoms with van der Waals surface area (Å²) in [5.74, 6) is 0.0941. The van der Waals surface area contributed by atoms with Gasteiger partial charge in [-0.15, -0.1) is 0 Å². The average molecular weight is 446 g/mol. The molecule has 2 N–H and O–H groups in total. The second-order valence-electron chi connectivity index (χ2n) is 7.90. The van der Waals surface area contributed by atoms with Crippen LogP contribution in [0, 0.1) is 5.92 Å². The highest BCUT2D eigenvalue weighted by Gasteiger charge is 2.26. The summed E-state index contributed by atoms with van der Waals surface area (Å²) in [7, 11) is 3.88. The molecular weight excluding hydrogens is 414 g/mol. The van der Waals surface area contributed by atoms with Gasteiger partial charge in [0.25, 0.3) is 5.91 Å². The van der Waals surface area contributed by atoms with Crippen LogP contribution in [0.1, 0.15) is 42.7 Å². The maximum atomic E-state index is 12.9. The number of halogens is 1. The molecule has 0 saturated heterocycles. The number of hydrogen-bond donors (Lipinski definition) is 2. The highest BCUT2D eigenvalue weighted by atomic mass is 35.5. The van der Waals surface area contributed by atoms with Crippen LogP contribution in [-0.4, -0.2) is 50.0 Å². The second kappa shape index (κ2) is 11.7. The molecule has 0 radical (unpaired) electrons. The molecule has 0 heterocycles. The molecule has 2 amide bonds. The fraction of sp³-hybridized carbons (Fsp3) is 0.417. The molecule has 0 aliphatic heterocycles. The Bertz CT molecular complexity index is 869. The van der Waals surface area contributed by atoms with E-state index in [4.69, 9.17) is 16.3 Å². The summed E-state index contributed by atoms with van der Waals surface area (Å²) in [6, 6.07) is 13.7. The number of ether oxygens (including phenoxy) is 1. The number of benzene rings is 2. The van der Waals surface area contributed by atoms with Crippen LogP contribution in [0.5, 0.6) is 5.75 Å². The molecule has 168 valence electrons. The van der Waals surface area contributed by atoms with Gasteiger partial charge in [-0.2, -0.15) is 0 Å². The molecule has 2 aromatic carbocycles. The summed E-state index contributed by atoms with van der Waals surface area (Å²) in [6.45, 7) is 6.64. The van der Waals surface area contributed by atoms with Crippen LogP contribution < -0.4 is 15.4 Å². The van der Waals surface area contributed by atoms with Crippen molar-refractivity contribution in [3.8, 4) is 5.75 Å². The zero-order valence-corrected chi connectivity index (χ0v) is 19.6. The maximum Gasteiger partial charge on any atom is 0.251 e. The fourth-order valence-electron chi connectivity index (χ4n) is 3.25. The van der Waals surface area contributed by atoms with Crippen LogP contribution in [0.15, 0.2) is 48.5 Å². The number of nitrogens with one attached hydrogen (secondary N) is 2. The van der Waals surface area contributed by atoms with Crippen molar-refractivity contribution < 1.29 is 14.3 Å². The zero-order chi connectivity index (χ0) is 23.0. The highest BCUT2D eigenvalue weighted by molar-refractivity contribution is 6.31. The summed E-state index contributed by atoms with van der Waals surface area (Å²) in [5, 5.41) is 6.49. The largest absolute Gasteiger partial charge is 0.494 e. The van der Waals surface area contributed by atoms with Crippen molar-refractivity contribution in [2.24, 2.45) is 5.92 Å². The number of likely N-dealkylation sites (N-methyl/N-ethyl adjacent to an activating group) is 1. The number of rotatable bonds is 10. The second-order valence-corrected chi connectivity index (χ2v) is 8.31. The lowest BCUT2D eigenvalue weighted by molar-refractivity contribution is -0.124. The van der Waals surface area contributed by atoms with Crippen LogP contribution >= 0.6 is 11.6 Å². The molecule has 31 heavy (non-hydrogen) atoms. The monoisotopic (exact) mass is 445 g/mol. The molecule has 0 fully saturated rings. The normalized spacial score (nSPS) is 13.0. The van der Waals surface area contributed by atoms with E-state index in [2.05, 4.69) is 10.6 Å². The number of nitrogens with zero attached hydrogens (tertiary/aromatic N) is 1. The molecule has 0 aliphatic rings. The van der Waals surface area contributed by atoms with Gasteiger partial charge in [0.1, 0.15) is 11.8 Å². The molecule has 0 unspecified atom stereocenters. The smallest absolute Gasteiger partial charge is 0.251 e. The Morgan fingerprint density at radius 1 is 1.06 bits per heavy atom. The van der Waals surface area contributed by atoms with Crippen molar-refractivity contribution in [1.29, 1.82) is 0 Å². The quantitative estimate of drug-likeness (QED) is 0.581. The van der Waals surface area contributed by atoms with Gasteiger partial charge in [-0.05, 0) is 62.8 Å². The average Bonchev–Trinajstić information content (AvgIpc) is 2.73. The van der Waals surface area contributed by atoms with Crippen molar-refractivity contribution in [3.63, 3.8) is 0 Å². The molecule has 2 aromatic rings. The SMILES string of the molecule is CCOc1ccc(C(=O)N[C@H](C(=O)NC[C@@H](c2ccccc2Cl)N(C)C)C(C)C)cc1. The summed E-state index contributed by atoms with van der Waals surface area (Å²) in [4.78, 5) is 27.6. The molecule has 2 rings (SSSR count). The molecule has 0 saturated carbocycles. The Morgan fingerprint density at radius 2 is 1.71 bits per heavy atom. The number of carbonyl (C=O) groups excluding carboxylic acids is 2. The lowest BCUT2D eigenvalue weighted by atomic mass is 10.0. The Kier molecular flexibility index (Phi) is 9.34. The van der Waals surface area contributed by atoms with Crippen molar-refractivity contribution in [2.75, 3.05) is 27.2 Å². The van der Waals surface area contributed by atoms with E-state index in [1.807, 2.05) is 64.0 Å². The van der Waals surface area contributed by atoms with Gasteiger partial charge in [0.2, 0.25) is 5.91 Å². The van der Waals surface area contributed by atoms with Crippen molar-refractivity contribution in [1.82, 2.24) is 15.5 Å². The van der Waals surface area contributed by atoms with Gasteiger partial charge in [0.15, 0.2) is 0 Å². The van der Waals surface area contributed by atoms with Crippen LogP contribution in [-0.2, 0) is 4.79 Å². The van der Waals surface area contributed by atoms with Crippen LogP contribution in [0.2, 0.25) is 5.02 Å². The van der Waals surface area contributed by atoms with Gasteiger partial charge < -0.3 is 20.3 Å². The fourth-order valence-corrected chi connectivity index (χ4v) is 3.51. The van der Waals surface area contributed by atoms with Gasteiger partial charge in [-0.1, -0.05) is 43.6 Å². The van der Waals surface area contributed by atoms with Gasteiger partial charge >= 0.3 is 0 Å². The third-order valence-electron chi connectivity index (χ3n) is 5.02. The first-order valence-electron chi connectivity index (χ1n) is 10.5. The third kappa shape index (κ3) is 6.97. The van der Waals surface area contributed by atoms with E-state index < -0.39 is 6.04 Å². The van der Waals surface area contributed by atoms with Crippen LogP contribution in [0.25, 0.3) is 0 Å². The number of hydrogen-bond acceptors (Lipinski definition) is 4. The standard InChI is InChI=1S/C24H32ClN3O3/c1-6-31-18-13-11-17(12-14-18)23(29)27-22(16(2)3)24(30)26-15-21(28(4)5)19-9-7-8-10-20(19)25/h7-14,16,21-22H,6,15H2,1-5H3,(H,26,30)(H,27,29)/t21-,22-/m0/s1. The first kappa shape index (κ1) is 24.7. The minimum absolute atomic E-state index is 0.0789. The first-order chi connectivity index (χ1) is 14.7. The van der Waals surface area contributed by atoms with E-state index >= 15 is 0 Å². The van der Waals surface area contributed by atoms with Gasteiger partial charge in [0.05, 0.1) is 12.6 Å². The van der Waals surface area contributed by atoms with Gasteiger partial charge in [-0.25, -0.2) is 0 Å². The summed E-state index contributed by atoms with van der Waals surface area (Å²) >= 11 is 6.35. The molecule has 0 spiro atoms. The molecule has 7 heteroatoms.